The number of fused-ring (bicyclic) bond motifs is 2. The largest absolute Gasteiger partial charge is 0.465 e. The molecule has 1 heterocycles. The van der Waals surface area contributed by atoms with Crippen LogP contribution in [0.25, 0.3) is 0 Å². The molecule has 2 aliphatic rings. The van der Waals surface area contributed by atoms with Crippen molar-refractivity contribution in [1.29, 1.82) is 0 Å². The van der Waals surface area contributed by atoms with E-state index in [-0.39, 0.29) is 6.04 Å². The Kier molecular flexibility index (Phi) is 1.49. The fourth-order valence-electron chi connectivity index (χ4n) is 2.20. The minimum absolute atomic E-state index is 0.174. The number of rotatable bonds is 1. The Morgan fingerprint density at radius 3 is 2.73 bits per heavy atom. The molecule has 11 heavy (non-hydrogen) atoms. The van der Waals surface area contributed by atoms with E-state index < -0.39 is 6.09 Å². The Hall–Kier alpha value is -0.770. The predicted octanol–water partition coefficient (Wildman–Crippen LogP) is 0.00440. The summed E-state index contributed by atoms with van der Waals surface area (Å²) in [6, 6.07) is 0.573. The van der Waals surface area contributed by atoms with Crippen molar-refractivity contribution in [1.82, 2.24) is 10.6 Å². The molecule has 1 amide bonds. The topological polar surface area (TPSA) is 61.4 Å². The van der Waals surface area contributed by atoms with Crippen LogP contribution < -0.4 is 10.6 Å². The van der Waals surface area contributed by atoms with Crippen LogP contribution in [0.5, 0.6) is 0 Å². The summed E-state index contributed by atoms with van der Waals surface area (Å²) in [4.78, 5) is 10.3. The van der Waals surface area contributed by atoms with Gasteiger partial charge in [-0.25, -0.2) is 4.79 Å². The van der Waals surface area contributed by atoms with E-state index in [1.54, 1.807) is 0 Å². The van der Waals surface area contributed by atoms with Crippen molar-refractivity contribution in [2.45, 2.75) is 24.9 Å². The van der Waals surface area contributed by atoms with Gasteiger partial charge in [-0.15, -0.1) is 0 Å². The van der Waals surface area contributed by atoms with Crippen LogP contribution in [0.1, 0.15) is 12.8 Å². The molecule has 1 saturated carbocycles. The first-order valence-electron chi connectivity index (χ1n) is 4.00. The molecular formula is C7H12N2O2. The fraction of sp³-hybridized carbons (Fsp3) is 0.857. The number of nitrogens with one attached hydrogen (secondary N) is 2. The SMILES string of the molecule is O=C(O)N[C@@H]1[C@H]2CC[C@@H]1NC2. The highest BCUT2D eigenvalue weighted by Gasteiger charge is 2.42. The summed E-state index contributed by atoms with van der Waals surface area (Å²) in [5, 5.41) is 14.3. The van der Waals surface area contributed by atoms with E-state index in [1.807, 2.05) is 0 Å². The highest BCUT2D eigenvalue weighted by atomic mass is 16.4. The lowest BCUT2D eigenvalue weighted by molar-refractivity contribution is 0.188. The first-order chi connectivity index (χ1) is 5.27. The van der Waals surface area contributed by atoms with E-state index in [0.717, 1.165) is 13.0 Å². The lowest BCUT2D eigenvalue weighted by atomic mass is 10.1. The average Bonchev–Trinajstić information content (AvgIpc) is 2.48. The van der Waals surface area contributed by atoms with Crippen LogP contribution in [0.2, 0.25) is 0 Å². The average molecular weight is 156 g/mol. The van der Waals surface area contributed by atoms with Gasteiger partial charge < -0.3 is 15.7 Å². The van der Waals surface area contributed by atoms with Crippen molar-refractivity contribution in [2.24, 2.45) is 5.92 Å². The number of carbonyl (C=O) groups is 1. The molecule has 4 nitrogen and oxygen atoms in total. The van der Waals surface area contributed by atoms with Crippen LogP contribution in [-0.2, 0) is 0 Å². The van der Waals surface area contributed by atoms with Crippen LogP contribution in [-0.4, -0.2) is 29.8 Å². The van der Waals surface area contributed by atoms with Crippen molar-refractivity contribution in [3.63, 3.8) is 0 Å². The number of carboxylic acid groups (broad SMARTS) is 1. The van der Waals surface area contributed by atoms with Gasteiger partial charge in [0.25, 0.3) is 0 Å². The van der Waals surface area contributed by atoms with Crippen LogP contribution >= 0.6 is 0 Å². The van der Waals surface area contributed by atoms with Crippen molar-refractivity contribution in [2.75, 3.05) is 6.54 Å². The highest BCUT2D eigenvalue weighted by molar-refractivity contribution is 5.65. The van der Waals surface area contributed by atoms with Gasteiger partial charge in [0.2, 0.25) is 0 Å². The fourth-order valence-corrected chi connectivity index (χ4v) is 2.20. The third-order valence-electron chi connectivity index (χ3n) is 2.72. The van der Waals surface area contributed by atoms with Gasteiger partial charge >= 0.3 is 6.09 Å². The van der Waals surface area contributed by atoms with Gasteiger partial charge in [-0.1, -0.05) is 0 Å². The predicted molar refractivity (Wildman–Crippen MR) is 39.5 cm³/mol. The maximum Gasteiger partial charge on any atom is 0.404 e. The first-order valence-corrected chi connectivity index (χ1v) is 4.00. The second kappa shape index (κ2) is 2.37. The molecule has 3 N–H and O–H groups in total. The lowest BCUT2D eigenvalue weighted by Gasteiger charge is -2.13. The molecule has 4 heteroatoms. The van der Waals surface area contributed by atoms with Gasteiger partial charge in [0.05, 0.1) is 6.04 Å². The van der Waals surface area contributed by atoms with Crippen LogP contribution in [0, 0.1) is 5.92 Å². The zero-order valence-electron chi connectivity index (χ0n) is 6.21. The molecule has 0 radical (unpaired) electrons. The molecule has 3 atom stereocenters. The molecule has 62 valence electrons. The monoisotopic (exact) mass is 156 g/mol. The normalized spacial score (nSPS) is 40.9. The van der Waals surface area contributed by atoms with Gasteiger partial charge in [-0.05, 0) is 18.8 Å². The minimum atomic E-state index is -0.893. The molecule has 0 unspecified atom stereocenters. The summed E-state index contributed by atoms with van der Waals surface area (Å²) < 4.78 is 0. The molecule has 0 aromatic carbocycles. The molecule has 0 aromatic rings. The summed E-state index contributed by atoms with van der Waals surface area (Å²) in [7, 11) is 0. The van der Waals surface area contributed by atoms with Crippen LogP contribution in [0.4, 0.5) is 4.79 Å². The van der Waals surface area contributed by atoms with Gasteiger partial charge in [-0.2, -0.15) is 0 Å². The molecule has 0 spiro atoms. The molecule has 2 rings (SSSR count). The Bertz CT molecular complexity index is 163. The van der Waals surface area contributed by atoms with Crippen molar-refractivity contribution in [3.05, 3.63) is 0 Å². The van der Waals surface area contributed by atoms with E-state index in [2.05, 4.69) is 10.6 Å². The molecule has 0 aromatic heterocycles. The zero-order valence-corrected chi connectivity index (χ0v) is 6.21. The molecule has 1 saturated heterocycles. The van der Waals surface area contributed by atoms with Crippen LogP contribution in [0.3, 0.4) is 0 Å². The molecule has 1 aliphatic carbocycles. The molecule has 2 bridgehead atoms. The summed E-state index contributed by atoms with van der Waals surface area (Å²) in [6.45, 7) is 0.982. The maximum absolute atomic E-state index is 10.3. The van der Waals surface area contributed by atoms with Crippen LogP contribution in [0.15, 0.2) is 0 Å². The second-order valence-corrected chi connectivity index (χ2v) is 3.33. The quantitative estimate of drug-likeness (QED) is 0.501. The number of piperidine rings is 1. The first kappa shape index (κ1) is 6.91. The summed E-state index contributed by atoms with van der Waals surface area (Å²) in [6.07, 6.45) is 1.40. The van der Waals surface area contributed by atoms with Crippen molar-refractivity contribution >= 4 is 6.09 Å². The minimum Gasteiger partial charge on any atom is -0.465 e. The van der Waals surface area contributed by atoms with E-state index >= 15 is 0 Å². The van der Waals surface area contributed by atoms with Gasteiger partial charge in [0, 0.05) is 12.6 Å². The summed E-state index contributed by atoms with van der Waals surface area (Å²) in [5.41, 5.74) is 0. The van der Waals surface area contributed by atoms with E-state index in [9.17, 15) is 4.79 Å². The molecule has 2 fully saturated rings. The smallest absolute Gasteiger partial charge is 0.404 e. The third-order valence-corrected chi connectivity index (χ3v) is 2.72. The third kappa shape index (κ3) is 1.07. The summed E-state index contributed by atoms with van der Waals surface area (Å²) in [5.74, 6) is 0.538. The number of hydrogen-bond acceptors (Lipinski definition) is 2. The summed E-state index contributed by atoms with van der Waals surface area (Å²) >= 11 is 0. The number of hydrogen-bond donors (Lipinski definition) is 3. The number of amides is 1. The Balaban J connectivity index is 1.99. The molecule has 1 aliphatic heterocycles. The highest BCUT2D eigenvalue weighted by Crippen LogP contribution is 2.30. The lowest BCUT2D eigenvalue weighted by Crippen LogP contribution is -2.41. The maximum atomic E-state index is 10.3. The van der Waals surface area contributed by atoms with Gasteiger partial charge in [-0.3, -0.25) is 0 Å². The Morgan fingerprint density at radius 2 is 2.36 bits per heavy atom. The van der Waals surface area contributed by atoms with Crippen molar-refractivity contribution in [3.8, 4) is 0 Å². The van der Waals surface area contributed by atoms with Gasteiger partial charge in [0.1, 0.15) is 0 Å². The Labute approximate surface area is 65.0 Å². The van der Waals surface area contributed by atoms with Gasteiger partial charge in [0.15, 0.2) is 0 Å². The van der Waals surface area contributed by atoms with E-state index in [4.69, 9.17) is 5.11 Å². The Morgan fingerprint density at radius 1 is 1.55 bits per heavy atom. The second-order valence-electron chi connectivity index (χ2n) is 3.33. The zero-order chi connectivity index (χ0) is 7.84. The van der Waals surface area contributed by atoms with E-state index in [1.165, 1.54) is 6.42 Å². The molecular weight excluding hydrogens is 144 g/mol. The standard InChI is InChI=1S/C7H12N2O2/c10-7(11)9-6-4-1-2-5(6)8-3-4/h4-6,8-9H,1-3H2,(H,10,11)/t4-,5-,6+/m0/s1. The van der Waals surface area contributed by atoms with Crippen molar-refractivity contribution < 1.29 is 9.90 Å². The van der Waals surface area contributed by atoms with E-state index in [0.29, 0.717) is 12.0 Å².